The average Bonchev–Trinajstić information content (AvgIpc) is 2.39. The number of amides is 1. The Morgan fingerprint density at radius 1 is 1.20 bits per heavy atom. The van der Waals surface area contributed by atoms with Crippen LogP contribution in [0.3, 0.4) is 0 Å². The number of hydrogen-bond donors (Lipinski definition) is 1. The lowest BCUT2D eigenvalue weighted by Crippen LogP contribution is -2.47. The van der Waals surface area contributed by atoms with Gasteiger partial charge in [0, 0.05) is 24.8 Å². The lowest BCUT2D eigenvalue weighted by Gasteiger charge is -2.34. The molecule has 110 valence electrons. The number of piperidine rings is 1. The molecule has 2 rings (SSSR count). The predicted octanol–water partition coefficient (Wildman–Crippen LogP) is 1.93. The molecule has 20 heavy (non-hydrogen) atoms. The number of nitrogens with one attached hydrogen (secondary N) is 1. The molecule has 0 bridgehead atoms. The summed E-state index contributed by atoms with van der Waals surface area (Å²) in [6, 6.07) is 4.88. The number of hydrogen-bond acceptors (Lipinski definition) is 3. The number of likely N-dealkylation sites (tertiary alicyclic amines) is 1. The van der Waals surface area contributed by atoms with E-state index in [4.69, 9.17) is 0 Å². The number of halogens is 3. The minimum atomic E-state index is -4.33. The van der Waals surface area contributed by atoms with Crippen molar-refractivity contribution < 1.29 is 23.1 Å². The molecule has 1 saturated heterocycles. The number of carbonyl (C=O) groups excluding carboxylic acids is 1. The molecule has 1 N–H and O–H groups in total. The van der Waals surface area contributed by atoms with Crippen LogP contribution in [0, 0.1) is 0 Å². The highest BCUT2D eigenvalue weighted by molar-refractivity contribution is 5.62. The number of rotatable bonds is 2. The van der Waals surface area contributed by atoms with Gasteiger partial charge in [-0.2, -0.15) is 13.2 Å². The third kappa shape index (κ3) is 3.55. The van der Waals surface area contributed by atoms with E-state index in [2.05, 4.69) is 5.32 Å². The van der Waals surface area contributed by atoms with Crippen LogP contribution in [0.4, 0.5) is 23.7 Å². The van der Waals surface area contributed by atoms with Crippen molar-refractivity contribution in [3.8, 4) is 0 Å². The van der Waals surface area contributed by atoms with Gasteiger partial charge in [-0.3, -0.25) is 0 Å². The molecule has 1 heterocycles. The molecular weight excluding hydrogens is 273 g/mol. The molecule has 1 amide bonds. The van der Waals surface area contributed by atoms with Crippen molar-refractivity contribution in [2.45, 2.75) is 25.1 Å². The van der Waals surface area contributed by atoms with Gasteiger partial charge in [0.2, 0.25) is 0 Å². The van der Waals surface area contributed by atoms with E-state index in [0.29, 0.717) is 31.6 Å². The Labute approximate surface area is 114 Å². The summed E-state index contributed by atoms with van der Waals surface area (Å²) in [6.45, 7) is 0.751. The van der Waals surface area contributed by atoms with Gasteiger partial charge in [-0.15, -0.1) is 0 Å². The highest BCUT2D eigenvalue weighted by Gasteiger charge is 2.30. The maximum Gasteiger partial charge on any atom is 0.416 e. The molecular formula is C13H14F3N2O2-. The number of nitrogens with zero attached hydrogens (tertiary/aromatic N) is 1. The second-order valence-electron chi connectivity index (χ2n) is 4.75. The summed E-state index contributed by atoms with van der Waals surface area (Å²) in [5, 5.41) is 13.8. The van der Waals surface area contributed by atoms with Gasteiger partial charge >= 0.3 is 6.18 Å². The summed E-state index contributed by atoms with van der Waals surface area (Å²) < 4.78 is 37.2. The van der Waals surface area contributed by atoms with Crippen LogP contribution in [0.2, 0.25) is 0 Å². The van der Waals surface area contributed by atoms with E-state index in [9.17, 15) is 23.1 Å². The third-order valence-electron chi connectivity index (χ3n) is 3.34. The molecule has 0 unspecified atom stereocenters. The van der Waals surface area contributed by atoms with Gasteiger partial charge in [0.1, 0.15) is 6.09 Å². The zero-order chi connectivity index (χ0) is 14.8. The first kappa shape index (κ1) is 14.5. The van der Waals surface area contributed by atoms with Gasteiger partial charge in [0.15, 0.2) is 0 Å². The summed E-state index contributed by atoms with van der Waals surface area (Å²) >= 11 is 0. The maximum atomic E-state index is 12.4. The van der Waals surface area contributed by atoms with Gasteiger partial charge < -0.3 is 20.1 Å². The van der Waals surface area contributed by atoms with Crippen LogP contribution in [0.15, 0.2) is 24.3 Å². The minimum Gasteiger partial charge on any atom is -0.530 e. The Bertz CT molecular complexity index is 465. The Hall–Kier alpha value is -1.92. The Kier molecular flexibility index (Phi) is 4.06. The highest BCUT2D eigenvalue weighted by Crippen LogP contribution is 2.30. The predicted molar refractivity (Wildman–Crippen MR) is 65.1 cm³/mol. The Morgan fingerprint density at radius 3 is 2.20 bits per heavy atom. The van der Waals surface area contributed by atoms with Crippen LogP contribution in [-0.4, -0.2) is 30.1 Å². The number of benzene rings is 1. The monoisotopic (exact) mass is 287 g/mol. The first-order valence-electron chi connectivity index (χ1n) is 6.26. The molecule has 4 nitrogen and oxygen atoms in total. The van der Waals surface area contributed by atoms with E-state index in [1.807, 2.05) is 0 Å². The molecule has 0 aromatic heterocycles. The van der Waals surface area contributed by atoms with Crippen LogP contribution < -0.4 is 10.4 Å². The zero-order valence-corrected chi connectivity index (χ0v) is 10.6. The van der Waals surface area contributed by atoms with Gasteiger partial charge in [-0.25, -0.2) is 0 Å². The SMILES string of the molecule is O=C([O-])N1CCC(Nc2ccc(C(F)(F)F)cc2)CC1. The topological polar surface area (TPSA) is 55.4 Å². The van der Waals surface area contributed by atoms with Crippen molar-refractivity contribution in [1.29, 1.82) is 0 Å². The van der Waals surface area contributed by atoms with Crippen LogP contribution >= 0.6 is 0 Å². The van der Waals surface area contributed by atoms with Crippen LogP contribution in [0.25, 0.3) is 0 Å². The highest BCUT2D eigenvalue weighted by atomic mass is 19.4. The summed E-state index contributed by atoms with van der Waals surface area (Å²) in [5.74, 6) is 0. The fourth-order valence-electron chi connectivity index (χ4n) is 2.20. The molecule has 7 heteroatoms. The number of alkyl halides is 3. The maximum absolute atomic E-state index is 12.4. The molecule has 1 aliphatic heterocycles. The summed E-state index contributed by atoms with van der Waals surface area (Å²) in [7, 11) is 0. The lowest BCUT2D eigenvalue weighted by molar-refractivity contribution is -0.266. The van der Waals surface area contributed by atoms with E-state index < -0.39 is 17.8 Å². The van der Waals surface area contributed by atoms with Crippen molar-refractivity contribution in [3.05, 3.63) is 29.8 Å². The molecule has 0 atom stereocenters. The fraction of sp³-hybridized carbons (Fsp3) is 0.462. The average molecular weight is 287 g/mol. The molecule has 0 saturated carbocycles. The molecule has 0 spiro atoms. The fourth-order valence-corrected chi connectivity index (χ4v) is 2.20. The summed E-state index contributed by atoms with van der Waals surface area (Å²) in [4.78, 5) is 11.9. The Morgan fingerprint density at radius 2 is 1.75 bits per heavy atom. The number of carboxylic acid groups (broad SMARTS) is 1. The van der Waals surface area contributed by atoms with Crippen molar-refractivity contribution >= 4 is 11.8 Å². The van der Waals surface area contributed by atoms with Crippen LogP contribution in [-0.2, 0) is 6.18 Å². The second-order valence-corrected chi connectivity index (χ2v) is 4.75. The van der Waals surface area contributed by atoms with Crippen LogP contribution in [0.1, 0.15) is 18.4 Å². The van der Waals surface area contributed by atoms with Crippen molar-refractivity contribution in [2.24, 2.45) is 0 Å². The quantitative estimate of drug-likeness (QED) is 0.904. The van der Waals surface area contributed by atoms with Gasteiger partial charge in [-0.1, -0.05) is 0 Å². The zero-order valence-electron chi connectivity index (χ0n) is 10.6. The first-order chi connectivity index (χ1) is 9.36. The molecule has 1 fully saturated rings. The standard InChI is InChI=1S/C13H15F3N2O2/c14-13(15,16)9-1-3-10(4-2-9)17-11-5-7-18(8-6-11)12(19)20/h1-4,11,17H,5-8H2,(H,19,20)/p-1. The molecule has 1 aromatic rings. The Balaban J connectivity index is 1.90. The molecule has 1 aromatic carbocycles. The molecule has 1 aliphatic rings. The number of anilines is 1. The van der Waals surface area contributed by atoms with E-state index in [-0.39, 0.29) is 6.04 Å². The van der Waals surface area contributed by atoms with E-state index in [1.165, 1.54) is 17.0 Å². The molecule has 0 aliphatic carbocycles. The largest absolute Gasteiger partial charge is 0.530 e. The normalized spacial score (nSPS) is 17.1. The summed E-state index contributed by atoms with van der Waals surface area (Å²) in [6.07, 6.45) is -4.31. The first-order valence-corrected chi connectivity index (χ1v) is 6.26. The third-order valence-corrected chi connectivity index (χ3v) is 3.34. The number of carbonyl (C=O) groups is 1. The van der Waals surface area contributed by atoms with Crippen molar-refractivity contribution in [2.75, 3.05) is 18.4 Å². The molecule has 0 radical (unpaired) electrons. The smallest absolute Gasteiger partial charge is 0.416 e. The van der Waals surface area contributed by atoms with E-state index in [0.717, 1.165) is 12.1 Å². The lowest BCUT2D eigenvalue weighted by atomic mass is 10.0. The summed E-state index contributed by atoms with van der Waals surface area (Å²) in [5.41, 5.74) is -0.0836. The van der Waals surface area contributed by atoms with Gasteiger partial charge in [-0.05, 0) is 37.1 Å². The van der Waals surface area contributed by atoms with Gasteiger partial charge in [0.05, 0.1) is 5.56 Å². The minimum absolute atomic E-state index is 0.0577. The van der Waals surface area contributed by atoms with E-state index in [1.54, 1.807) is 0 Å². The van der Waals surface area contributed by atoms with Crippen molar-refractivity contribution in [3.63, 3.8) is 0 Å². The second kappa shape index (κ2) is 5.60. The van der Waals surface area contributed by atoms with Crippen molar-refractivity contribution in [1.82, 2.24) is 4.90 Å². The van der Waals surface area contributed by atoms with E-state index >= 15 is 0 Å². The van der Waals surface area contributed by atoms with Gasteiger partial charge in [0.25, 0.3) is 0 Å². The van der Waals surface area contributed by atoms with Crippen LogP contribution in [0.5, 0.6) is 0 Å².